The fourth-order valence-electron chi connectivity index (χ4n) is 4.68. The molecule has 172 valence electrons. The molecule has 3 N–H and O–H groups in total. The van der Waals surface area contributed by atoms with Crippen molar-refractivity contribution in [2.75, 3.05) is 26.2 Å². The van der Waals surface area contributed by atoms with Crippen LogP contribution in [0.25, 0.3) is 0 Å². The lowest BCUT2D eigenvalue weighted by Crippen LogP contribution is -2.52. The maximum absolute atomic E-state index is 13.5. The third kappa shape index (κ3) is 5.32. The van der Waals surface area contributed by atoms with Gasteiger partial charge in [-0.1, -0.05) is 24.6 Å². The van der Waals surface area contributed by atoms with Crippen molar-refractivity contribution in [3.8, 4) is 0 Å². The van der Waals surface area contributed by atoms with E-state index < -0.39 is 23.1 Å². The first kappa shape index (κ1) is 23.8. The van der Waals surface area contributed by atoms with E-state index in [-0.39, 0.29) is 48.0 Å². The van der Waals surface area contributed by atoms with E-state index >= 15 is 0 Å². The van der Waals surface area contributed by atoms with Crippen molar-refractivity contribution in [3.05, 3.63) is 34.3 Å². The molecule has 0 radical (unpaired) electrons. The number of carboxylic acid groups (broad SMARTS) is 1. The van der Waals surface area contributed by atoms with Gasteiger partial charge >= 0.3 is 12.1 Å². The third-order valence-electron chi connectivity index (χ3n) is 6.38. The van der Waals surface area contributed by atoms with Crippen LogP contribution < -0.4 is 10.6 Å². The van der Waals surface area contributed by atoms with Crippen molar-refractivity contribution in [1.82, 2.24) is 15.5 Å². The summed E-state index contributed by atoms with van der Waals surface area (Å²) in [5.74, 6) is -1.79. The van der Waals surface area contributed by atoms with Crippen LogP contribution in [0.3, 0.4) is 0 Å². The average Bonchev–Trinajstić information content (AvgIpc) is 2.98. The Balaban J connectivity index is 1.83. The number of hydrogen-bond acceptors (Lipinski definition) is 4. The summed E-state index contributed by atoms with van der Waals surface area (Å²) in [5, 5.41) is 15.7. The summed E-state index contributed by atoms with van der Waals surface area (Å²) in [4.78, 5) is 26.6. The molecule has 0 spiro atoms. The van der Waals surface area contributed by atoms with Crippen LogP contribution in [0.5, 0.6) is 0 Å². The highest BCUT2D eigenvalue weighted by atomic mass is 35.5. The van der Waals surface area contributed by atoms with E-state index in [9.17, 15) is 27.9 Å². The highest BCUT2D eigenvalue weighted by molar-refractivity contribution is 6.31. The number of carbonyl (C=O) groups excluding carboxylic acids is 1. The summed E-state index contributed by atoms with van der Waals surface area (Å²) in [6, 6.07) is 3.60. The number of benzene rings is 1. The van der Waals surface area contributed by atoms with Gasteiger partial charge in [0.1, 0.15) is 0 Å². The SMILES string of the molecule is C[C@H]1CN(Cc2c(Cl)cccc2C(F)(F)F)C[C@]1(CC(=O)O)C(=O)NC1CCNCC1. The zero-order valence-corrected chi connectivity index (χ0v) is 18.0. The Bertz CT molecular complexity index is 830. The van der Waals surface area contributed by atoms with Crippen LogP contribution in [0.2, 0.25) is 5.02 Å². The van der Waals surface area contributed by atoms with Crippen molar-refractivity contribution in [3.63, 3.8) is 0 Å². The molecule has 0 saturated carbocycles. The lowest BCUT2D eigenvalue weighted by molar-refractivity contribution is -0.147. The van der Waals surface area contributed by atoms with E-state index in [0.29, 0.717) is 6.54 Å². The maximum Gasteiger partial charge on any atom is 0.416 e. The average molecular weight is 462 g/mol. The van der Waals surface area contributed by atoms with Gasteiger partial charge in [-0.3, -0.25) is 14.5 Å². The van der Waals surface area contributed by atoms with E-state index in [1.54, 1.807) is 11.8 Å². The van der Waals surface area contributed by atoms with Gasteiger partial charge < -0.3 is 15.7 Å². The minimum atomic E-state index is -4.56. The smallest absolute Gasteiger partial charge is 0.416 e. The Morgan fingerprint density at radius 3 is 2.61 bits per heavy atom. The highest BCUT2D eigenvalue weighted by Crippen LogP contribution is 2.42. The van der Waals surface area contributed by atoms with Crippen molar-refractivity contribution < 1.29 is 27.9 Å². The quantitative estimate of drug-likeness (QED) is 0.606. The van der Waals surface area contributed by atoms with Crippen LogP contribution in [0.1, 0.15) is 37.3 Å². The molecule has 2 saturated heterocycles. The fraction of sp³-hybridized carbons (Fsp3) is 0.619. The molecular formula is C21H27ClF3N3O3. The first-order chi connectivity index (χ1) is 14.5. The molecule has 1 aromatic rings. The standard InChI is InChI=1S/C21H27ClF3N3O3/c1-13-10-28(11-15-16(21(23,24)25)3-2-4-17(15)22)12-20(13,9-18(29)30)19(31)27-14-5-7-26-8-6-14/h2-4,13-14,26H,5-12H2,1H3,(H,27,31)(H,29,30)/t13-,20-/m0/s1. The van der Waals surface area contributed by atoms with Crippen LogP contribution in [0.4, 0.5) is 13.2 Å². The Hall–Kier alpha value is -1.84. The van der Waals surface area contributed by atoms with E-state index in [4.69, 9.17) is 11.6 Å². The van der Waals surface area contributed by atoms with Crippen molar-refractivity contribution >= 4 is 23.5 Å². The Morgan fingerprint density at radius 2 is 2.00 bits per heavy atom. The zero-order chi connectivity index (χ0) is 22.8. The van der Waals surface area contributed by atoms with Crippen LogP contribution in [0.15, 0.2) is 18.2 Å². The number of rotatable bonds is 6. The topological polar surface area (TPSA) is 81.7 Å². The van der Waals surface area contributed by atoms with Gasteiger partial charge in [0.2, 0.25) is 5.91 Å². The number of hydrogen-bond donors (Lipinski definition) is 3. The molecule has 2 fully saturated rings. The molecule has 31 heavy (non-hydrogen) atoms. The van der Waals surface area contributed by atoms with Gasteiger partial charge in [-0.05, 0) is 49.5 Å². The number of halogens is 4. The molecule has 2 aliphatic rings. The number of carbonyl (C=O) groups is 2. The normalized spacial score (nSPS) is 25.5. The fourth-order valence-corrected chi connectivity index (χ4v) is 4.92. The molecule has 2 atom stereocenters. The molecular weight excluding hydrogens is 435 g/mol. The molecule has 0 bridgehead atoms. The molecule has 1 amide bonds. The first-order valence-electron chi connectivity index (χ1n) is 10.3. The zero-order valence-electron chi connectivity index (χ0n) is 17.3. The highest BCUT2D eigenvalue weighted by Gasteiger charge is 2.52. The second-order valence-corrected chi connectivity index (χ2v) is 8.97. The minimum Gasteiger partial charge on any atom is -0.481 e. The molecule has 3 rings (SSSR count). The van der Waals surface area contributed by atoms with E-state index in [1.807, 2.05) is 0 Å². The third-order valence-corrected chi connectivity index (χ3v) is 6.73. The molecule has 2 heterocycles. The number of aliphatic carboxylic acids is 1. The van der Waals surface area contributed by atoms with E-state index in [2.05, 4.69) is 10.6 Å². The number of nitrogens with zero attached hydrogens (tertiary/aromatic N) is 1. The predicted octanol–water partition coefficient (Wildman–Crippen LogP) is 3.14. The number of piperidine rings is 1. The van der Waals surface area contributed by atoms with Crippen LogP contribution in [-0.2, 0) is 22.3 Å². The molecule has 0 aliphatic carbocycles. The minimum absolute atomic E-state index is 0.00244. The largest absolute Gasteiger partial charge is 0.481 e. The molecule has 0 unspecified atom stereocenters. The van der Waals surface area contributed by atoms with Crippen LogP contribution >= 0.6 is 11.6 Å². The van der Waals surface area contributed by atoms with Gasteiger partial charge in [0.05, 0.1) is 17.4 Å². The number of alkyl halides is 3. The van der Waals surface area contributed by atoms with Gasteiger partial charge in [0.15, 0.2) is 0 Å². The molecule has 0 aromatic heterocycles. The molecule has 6 nitrogen and oxygen atoms in total. The van der Waals surface area contributed by atoms with E-state index in [1.165, 1.54) is 12.1 Å². The van der Waals surface area contributed by atoms with Crippen LogP contribution in [-0.4, -0.2) is 54.1 Å². The number of carboxylic acids is 1. The number of nitrogens with one attached hydrogen (secondary N) is 2. The summed E-state index contributed by atoms with van der Waals surface area (Å²) in [6.07, 6.45) is -3.44. The monoisotopic (exact) mass is 461 g/mol. The molecule has 1 aromatic carbocycles. The summed E-state index contributed by atoms with van der Waals surface area (Å²) >= 11 is 6.09. The predicted molar refractivity (Wildman–Crippen MR) is 110 cm³/mol. The summed E-state index contributed by atoms with van der Waals surface area (Å²) in [6.45, 7) is 3.56. The van der Waals surface area contributed by atoms with Crippen LogP contribution in [0, 0.1) is 11.3 Å². The lowest BCUT2D eigenvalue weighted by atomic mass is 9.75. The Morgan fingerprint density at radius 1 is 1.32 bits per heavy atom. The second-order valence-electron chi connectivity index (χ2n) is 8.56. The van der Waals surface area contributed by atoms with Gasteiger partial charge in [0.25, 0.3) is 0 Å². The second kappa shape index (κ2) is 9.34. The van der Waals surface area contributed by atoms with Gasteiger partial charge in [-0.2, -0.15) is 13.2 Å². The van der Waals surface area contributed by atoms with Gasteiger partial charge in [-0.25, -0.2) is 0 Å². The van der Waals surface area contributed by atoms with Crippen molar-refractivity contribution in [2.45, 2.75) is 44.9 Å². The first-order valence-corrected chi connectivity index (χ1v) is 10.7. The summed E-state index contributed by atoms with van der Waals surface area (Å²) < 4.78 is 40.4. The maximum atomic E-state index is 13.5. The van der Waals surface area contributed by atoms with E-state index in [0.717, 1.165) is 32.0 Å². The molecule has 10 heteroatoms. The van der Waals surface area contributed by atoms with Gasteiger partial charge in [-0.15, -0.1) is 0 Å². The van der Waals surface area contributed by atoms with Crippen molar-refractivity contribution in [2.24, 2.45) is 11.3 Å². The summed E-state index contributed by atoms with van der Waals surface area (Å²) in [7, 11) is 0. The number of likely N-dealkylation sites (tertiary alicyclic amines) is 1. The van der Waals surface area contributed by atoms with Crippen molar-refractivity contribution in [1.29, 1.82) is 0 Å². The number of amides is 1. The lowest BCUT2D eigenvalue weighted by Gasteiger charge is -2.33. The Labute approximate surface area is 184 Å². The van der Waals surface area contributed by atoms with Gasteiger partial charge in [0, 0.05) is 30.7 Å². The molecule has 2 aliphatic heterocycles. The Kier molecular flexibility index (Phi) is 7.18. The summed E-state index contributed by atoms with van der Waals surface area (Å²) in [5.41, 5.74) is -2.09.